The number of nitrogens with zero attached hydrogens (tertiary/aromatic N) is 3. The van der Waals surface area contributed by atoms with Gasteiger partial charge in [0.05, 0.1) is 0 Å². The van der Waals surface area contributed by atoms with E-state index in [1.807, 2.05) is 6.07 Å². The molecule has 0 radical (unpaired) electrons. The summed E-state index contributed by atoms with van der Waals surface area (Å²) < 4.78 is 0. The third kappa shape index (κ3) is 1.90. The summed E-state index contributed by atoms with van der Waals surface area (Å²) in [6.45, 7) is 1.09. The Morgan fingerprint density at radius 2 is 2.25 bits per heavy atom. The summed E-state index contributed by atoms with van der Waals surface area (Å²) >= 11 is 0. The van der Waals surface area contributed by atoms with Crippen LogP contribution in [0, 0.1) is 11.3 Å². The van der Waals surface area contributed by atoms with Gasteiger partial charge in [0.1, 0.15) is 6.07 Å². The summed E-state index contributed by atoms with van der Waals surface area (Å²) in [7, 11) is 0. The molecule has 1 rings (SSSR count). The number of nitrogens with two attached hydrogens (primary N) is 1. The standard InChI is InChI=1S/C7H9N5/c8-1-2-11-7-6(5-9)10-3-4-12-7/h3-4H,1-2,8H2,(H,11,12). The summed E-state index contributed by atoms with van der Waals surface area (Å²) in [5, 5.41) is 11.5. The highest BCUT2D eigenvalue weighted by Crippen LogP contribution is 2.04. The monoisotopic (exact) mass is 163 g/mol. The third-order valence-corrected chi connectivity index (χ3v) is 1.24. The van der Waals surface area contributed by atoms with E-state index in [0.29, 0.717) is 24.6 Å². The van der Waals surface area contributed by atoms with Crippen LogP contribution in [0.15, 0.2) is 12.4 Å². The van der Waals surface area contributed by atoms with Crippen molar-refractivity contribution in [3.8, 4) is 6.07 Å². The molecule has 0 aliphatic rings. The molecule has 1 aromatic heterocycles. The lowest BCUT2D eigenvalue weighted by Gasteiger charge is -2.02. The van der Waals surface area contributed by atoms with Crippen molar-refractivity contribution in [3.63, 3.8) is 0 Å². The first-order chi connectivity index (χ1) is 5.88. The largest absolute Gasteiger partial charge is 0.366 e. The Morgan fingerprint density at radius 1 is 1.50 bits per heavy atom. The van der Waals surface area contributed by atoms with Gasteiger partial charge in [0, 0.05) is 25.5 Å². The van der Waals surface area contributed by atoms with Gasteiger partial charge in [0.2, 0.25) is 0 Å². The van der Waals surface area contributed by atoms with E-state index in [9.17, 15) is 0 Å². The zero-order valence-electron chi connectivity index (χ0n) is 6.49. The minimum Gasteiger partial charge on any atom is -0.366 e. The molecular weight excluding hydrogens is 154 g/mol. The minimum absolute atomic E-state index is 0.297. The fourth-order valence-electron chi connectivity index (χ4n) is 0.740. The number of hydrogen-bond acceptors (Lipinski definition) is 5. The van der Waals surface area contributed by atoms with Crippen LogP contribution in [0.25, 0.3) is 0 Å². The number of anilines is 1. The Balaban J connectivity index is 2.77. The van der Waals surface area contributed by atoms with Crippen LogP contribution in [0.1, 0.15) is 5.69 Å². The SMILES string of the molecule is N#Cc1nccnc1NCCN. The summed E-state index contributed by atoms with van der Waals surface area (Å²) in [6.07, 6.45) is 3.01. The minimum atomic E-state index is 0.297. The maximum absolute atomic E-state index is 8.59. The van der Waals surface area contributed by atoms with Crippen LogP contribution >= 0.6 is 0 Å². The summed E-state index contributed by atoms with van der Waals surface area (Å²) in [4.78, 5) is 7.76. The summed E-state index contributed by atoms with van der Waals surface area (Å²) in [5.74, 6) is 0.491. The molecule has 5 nitrogen and oxygen atoms in total. The van der Waals surface area contributed by atoms with Crippen LogP contribution in [-0.2, 0) is 0 Å². The van der Waals surface area contributed by atoms with Gasteiger partial charge in [-0.1, -0.05) is 0 Å². The van der Waals surface area contributed by atoms with Gasteiger partial charge in [0.15, 0.2) is 11.5 Å². The second-order valence-electron chi connectivity index (χ2n) is 2.08. The van der Waals surface area contributed by atoms with E-state index in [0.717, 1.165) is 0 Å². The second kappa shape index (κ2) is 4.26. The molecule has 5 heteroatoms. The maximum Gasteiger partial charge on any atom is 0.182 e. The van der Waals surface area contributed by atoms with Crippen molar-refractivity contribution in [2.45, 2.75) is 0 Å². The molecule has 0 spiro atoms. The number of aromatic nitrogens is 2. The van der Waals surface area contributed by atoms with E-state index in [4.69, 9.17) is 11.0 Å². The molecule has 0 saturated carbocycles. The topological polar surface area (TPSA) is 87.6 Å². The van der Waals surface area contributed by atoms with Crippen LogP contribution in [0.3, 0.4) is 0 Å². The Kier molecular flexibility index (Phi) is 2.99. The smallest absolute Gasteiger partial charge is 0.182 e. The van der Waals surface area contributed by atoms with E-state index < -0.39 is 0 Å². The van der Waals surface area contributed by atoms with Gasteiger partial charge >= 0.3 is 0 Å². The van der Waals surface area contributed by atoms with E-state index in [2.05, 4.69) is 15.3 Å². The molecule has 12 heavy (non-hydrogen) atoms. The molecule has 3 N–H and O–H groups in total. The number of hydrogen-bond donors (Lipinski definition) is 2. The summed E-state index contributed by atoms with van der Waals surface area (Å²) in [6, 6.07) is 1.93. The van der Waals surface area contributed by atoms with Crippen molar-refractivity contribution < 1.29 is 0 Å². The van der Waals surface area contributed by atoms with Crippen LogP contribution in [-0.4, -0.2) is 23.1 Å². The zero-order valence-corrected chi connectivity index (χ0v) is 6.49. The highest BCUT2D eigenvalue weighted by Gasteiger charge is 2.00. The molecule has 1 heterocycles. The van der Waals surface area contributed by atoms with Gasteiger partial charge in [0.25, 0.3) is 0 Å². The molecule has 1 aromatic rings. The first-order valence-electron chi connectivity index (χ1n) is 3.53. The van der Waals surface area contributed by atoms with E-state index in [1.54, 1.807) is 0 Å². The fraction of sp³-hybridized carbons (Fsp3) is 0.286. The lowest BCUT2D eigenvalue weighted by atomic mass is 10.4. The average molecular weight is 163 g/mol. The molecule has 0 bridgehead atoms. The molecule has 0 aromatic carbocycles. The van der Waals surface area contributed by atoms with Gasteiger partial charge in [-0.25, -0.2) is 9.97 Å². The first-order valence-corrected chi connectivity index (χ1v) is 3.53. The lowest BCUT2D eigenvalue weighted by Crippen LogP contribution is -2.14. The Bertz CT molecular complexity index is 290. The van der Waals surface area contributed by atoms with E-state index >= 15 is 0 Å². The Labute approximate surface area is 70.2 Å². The van der Waals surface area contributed by atoms with Gasteiger partial charge in [-0.15, -0.1) is 0 Å². The van der Waals surface area contributed by atoms with Crippen LogP contribution < -0.4 is 11.1 Å². The predicted octanol–water partition coefficient (Wildman–Crippen LogP) is -0.281. The van der Waals surface area contributed by atoms with Gasteiger partial charge < -0.3 is 11.1 Å². The van der Waals surface area contributed by atoms with Crippen LogP contribution in [0.4, 0.5) is 5.82 Å². The Hall–Kier alpha value is -1.67. The third-order valence-electron chi connectivity index (χ3n) is 1.24. The Morgan fingerprint density at radius 3 is 2.92 bits per heavy atom. The molecule has 0 aliphatic heterocycles. The predicted molar refractivity (Wildman–Crippen MR) is 44.3 cm³/mol. The van der Waals surface area contributed by atoms with Crippen molar-refractivity contribution in [3.05, 3.63) is 18.1 Å². The van der Waals surface area contributed by atoms with Gasteiger partial charge in [-0.05, 0) is 0 Å². The molecule has 0 amide bonds. The molecular formula is C7H9N5. The lowest BCUT2D eigenvalue weighted by molar-refractivity contribution is 1.00. The van der Waals surface area contributed by atoms with E-state index in [-0.39, 0.29) is 0 Å². The van der Waals surface area contributed by atoms with Crippen molar-refractivity contribution in [2.24, 2.45) is 5.73 Å². The normalized spacial score (nSPS) is 9.00. The molecule has 0 unspecified atom stereocenters. The number of nitrogens with one attached hydrogen (secondary N) is 1. The highest BCUT2D eigenvalue weighted by atomic mass is 15.0. The highest BCUT2D eigenvalue weighted by molar-refractivity contribution is 5.46. The van der Waals surface area contributed by atoms with Crippen molar-refractivity contribution in [2.75, 3.05) is 18.4 Å². The average Bonchev–Trinajstić information content (AvgIpc) is 2.15. The van der Waals surface area contributed by atoms with Gasteiger partial charge in [-0.2, -0.15) is 5.26 Å². The van der Waals surface area contributed by atoms with E-state index in [1.165, 1.54) is 12.4 Å². The molecule has 0 saturated heterocycles. The quantitative estimate of drug-likeness (QED) is 0.639. The fourth-order valence-corrected chi connectivity index (χ4v) is 0.740. The van der Waals surface area contributed by atoms with Crippen molar-refractivity contribution in [1.82, 2.24) is 9.97 Å². The van der Waals surface area contributed by atoms with Crippen molar-refractivity contribution in [1.29, 1.82) is 5.26 Å². The zero-order chi connectivity index (χ0) is 8.81. The van der Waals surface area contributed by atoms with Gasteiger partial charge in [-0.3, -0.25) is 0 Å². The molecule has 0 fully saturated rings. The van der Waals surface area contributed by atoms with Crippen molar-refractivity contribution >= 4 is 5.82 Å². The molecule has 0 atom stereocenters. The van der Waals surface area contributed by atoms with Crippen LogP contribution in [0.5, 0.6) is 0 Å². The number of rotatable bonds is 3. The summed E-state index contributed by atoms with van der Waals surface area (Å²) in [5.41, 5.74) is 5.57. The van der Waals surface area contributed by atoms with Crippen LogP contribution in [0.2, 0.25) is 0 Å². The maximum atomic E-state index is 8.59. The number of nitriles is 1. The second-order valence-corrected chi connectivity index (χ2v) is 2.08. The first kappa shape index (κ1) is 8.43. The molecule has 0 aliphatic carbocycles. The molecule has 62 valence electrons.